The number of nitrogens with zero attached hydrogens (tertiary/aromatic N) is 1. The molecule has 0 saturated carbocycles. The molecule has 0 fully saturated rings. The molecular formula is C14H11IN2. The van der Waals surface area contributed by atoms with Gasteiger partial charge in [0.25, 0.3) is 0 Å². The summed E-state index contributed by atoms with van der Waals surface area (Å²) in [5.74, 6) is 0.940. The van der Waals surface area contributed by atoms with E-state index in [0.717, 1.165) is 22.4 Å². The number of nitrogens with one attached hydrogen (secondary N) is 1. The maximum atomic E-state index is 4.62. The Labute approximate surface area is 113 Å². The van der Waals surface area contributed by atoms with Gasteiger partial charge in [-0.2, -0.15) is 0 Å². The summed E-state index contributed by atoms with van der Waals surface area (Å²) < 4.78 is 1.21. The zero-order chi connectivity index (χ0) is 11.8. The number of H-pyrrole nitrogens is 1. The van der Waals surface area contributed by atoms with Crippen LogP contribution in [0.4, 0.5) is 0 Å². The highest BCUT2D eigenvalue weighted by molar-refractivity contribution is 14.1. The zero-order valence-electron chi connectivity index (χ0n) is 9.37. The van der Waals surface area contributed by atoms with Crippen LogP contribution >= 0.6 is 22.6 Å². The Hall–Kier alpha value is -1.36. The molecule has 3 aromatic rings. The summed E-state index contributed by atoms with van der Waals surface area (Å²) in [6.45, 7) is 2.09. The third kappa shape index (κ3) is 1.95. The van der Waals surface area contributed by atoms with Gasteiger partial charge in [-0.15, -0.1) is 0 Å². The zero-order valence-corrected chi connectivity index (χ0v) is 11.5. The maximum Gasteiger partial charge on any atom is 0.139 e. The van der Waals surface area contributed by atoms with Crippen molar-refractivity contribution in [2.75, 3.05) is 0 Å². The van der Waals surface area contributed by atoms with E-state index in [1.807, 2.05) is 12.1 Å². The van der Waals surface area contributed by atoms with E-state index in [9.17, 15) is 0 Å². The molecule has 0 saturated heterocycles. The van der Waals surface area contributed by atoms with Crippen molar-refractivity contribution in [3.63, 3.8) is 0 Å². The predicted molar refractivity (Wildman–Crippen MR) is 79.0 cm³/mol. The van der Waals surface area contributed by atoms with Gasteiger partial charge >= 0.3 is 0 Å². The van der Waals surface area contributed by atoms with Crippen LogP contribution in [0.15, 0.2) is 42.5 Å². The predicted octanol–water partition coefficient (Wildman–Crippen LogP) is 4.14. The number of imidazole rings is 1. The smallest absolute Gasteiger partial charge is 0.139 e. The van der Waals surface area contributed by atoms with Crippen molar-refractivity contribution in [3.8, 4) is 11.4 Å². The lowest BCUT2D eigenvalue weighted by atomic mass is 10.2. The average molecular weight is 334 g/mol. The summed E-state index contributed by atoms with van der Waals surface area (Å²) >= 11 is 2.34. The second kappa shape index (κ2) is 4.14. The molecule has 0 bridgehead atoms. The second-order valence-electron chi connectivity index (χ2n) is 4.09. The summed E-state index contributed by atoms with van der Waals surface area (Å²) in [5.41, 5.74) is 4.52. The summed E-state index contributed by atoms with van der Waals surface area (Å²) in [4.78, 5) is 8.00. The molecule has 0 spiro atoms. The van der Waals surface area contributed by atoms with Crippen molar-refractivity contribution < 1.29 is 0 Å². The highest BCUT2D eigenvalue weighted by Gasteiger charge is 2.07. The molecule has 84 valence electrons. The first kappa shape index (κ1) is 10.8. The van der Waals surface area contributed by atoms with Crippen molar-refractivity contribution in [1.82, 2.24) is 9.97 Å². The van der Waals surface area contributed by atoms with E-state index >= 15 is 0 Å². The molecule has 0 amide bonds. The second-order valence-corrected chi connectivity index (χ2v) is 5.25. The fourth-order valence-electron chi connectivity index (χ4n) is 1.90. The minimum absolute atomic E-state index is 0.940. The van der Waals surface area contributed by atoms with Crippen LogP contribution in [0.5, 0.6) is 0 Å². The molecule has 17 heavy (non-hydrogen) atoms. The number of aromatic amines is 1. The molecule has 3 rings (SSSR count). The fourth-order valence-corrected chi connectivity index (χ4v) is 2.55. The van der Waals surface area contributed by atoms with Gasteiger partial charge in [0.15, 0.2) is 0 Å². The number of aromatic nitrogens is 2. The SMILES string of the molecule is Cc1ccc2nc(-c3ccccc3I)[nH]c2c1. The standard InChI is InChI=1S/C14H11IN2/c1-9-6-7-12-13(8-9)17-14(16-12)10-4-2-3-5-11(10)15/h2-8H,1H3,(H,16,17). The molecule has 2 nitrogen and oxygen atoms in total. The van der Waals surface area contributed by atoms with E-state index in [0.29, 0.717) is 0 Å². The van der Waals surface area contributed by atoms with Crippen LogP contribution in [0.1, 0.15) is 5.56 Å². The van der Waals surface area contributed by atoms with Gasteiger partial charge in [0.05, 0.1) is 11.0 Å². The molecular weight excluding hydrogens is 323 g/mol. The van der Waals surface area contributed by atoms with E-state index in [1.54, 1.807) is 0 Å². The normalized spacial score (nSPS) is 10.9. The van der Waals surface area contributed by atoms with Crippen LogP contribution in [0.3, 0.4) is 0 Å². The largest absolute Gasteiger partial charge is 0.338 e. The minimum atomic E-state index is 0.940. The first-order chi connectivity index (χ1) is 8.24. The quantitative estimate of drug-likeness (QED) is 0.666. The third-order valence-corrected chi connectivity index (χ3v) is 3.71. The van der Waals surface area contributed by atoms with Crippen LogP contribution < -0.4 is 0 Å². The number of hydrogen-bond acceptors (Lipinski definition) is 1. The van der Waals surface area contributed by atoms with Gasteiger partial charge in [-0.3, -0.25) is 0 Å². The summed E-state index contributed by atoms with van der Waals surface area (Å²) in [6, 6.07) is 14.5. The average Bonchev–Trinajstić information content (AvgIpc) is 2.72. The minimum Gasteiger partial charge on any atom is -0.338 e. The molecule has 0 radical (unpaired) electrons. The summed E-state index contributed by atoms with van der Waals surface area (Å²) in [6.07, 6.45) is 0. The first-order valence-corrected chi connectivity index (χ1v) is 6.53. The molecule has 0 unspecified atom stereocenters. The number of benzene rings is 2. The van der Waals surface area contributed by atoms with Gasteiger partial charge in [0, 0.05) is 9.13 Å². The lowest BCUT2D eigenvalue weighted by Gasteiger charge is -1.98. The van der Waals surface area contributed by atoms with Crippen molar-refractivity contribution in [2.45, 2.75) is 6.92 Å². The van der Waals surface area contributed by atoms with Crippen molar-refractivity contribution in [1.29, 1.82) is 0 Å². The third-order valence-electron chi connectivity index (χ3n) is 2.77. The van der Waals surface area contributed by atoms with Crippen molar-refractivity contribution >= 4 is 33.6 Å². The highest BCUT2D eigenvalue weighted by Crippen LogP contribution is 2.25. The van der Waals surface area contributed by atoms with Crippen molar-refractivity contribution in [3.05, 3.63) is 51.6 Å². The number of hydrogen-bond donors (Lipinski definition) is 1. The van der Waals surface area contributed by atoms with Gasteiger partial charge in [-0.25, -0.2) is 4.98 Å². The topological polar surface area (TPSA) is 28.7 Å². The first-order valence-electron chi connectivity index (χ1n) is 5.45. The molecule has 1 N–H and O–H groups in total. The van der Waals surface area contributed by atoms with Crippen molar-refractivity contribution in [2.24, 2.45) is 0 Å². The van der Waals surface area contributed by atoms with Gasteiger partial charge in [-0.05, 0) is 53.3 Å². The maximum absolute atomic E-state index is 4.62. The Morgan fingerprint density at radius 1 is 1.12 bits per heavy atom. The molecule has 1 heterocycles. The van der Waals surface area contributed by atoms with Crippen LogP contribution in [-0.4, -0.2) is 9.97 Å². The number of aryl methyl sites for hydroxylation is 1. The van der Waals surface area contributed by atoms with Gasteiger partial charge in [0.1, 0.15) is 5.82 Å². The van der Waals surface area contributed by atoms with Crippen LogP contribution in [0.25, 0.3) is 22.4 Å². The Morgan fingerprint density at radius 2 is 1.94 bits per heavy atom. The number of fused-ring (bicyclic) bond motifs is 1. The Morgan fingerprint density at radius 3 is 2.76 bits per heavy atom. The number of halogens is 1. The van der Waals surface area contributed by atoms with E-state index in [4.69, 9.17) is 0 Å². The van der Waals surface area contributed by atoms with Gasteiger partial charge in [0.2, 0.25) is 0 Å². The molecule has 1 aromatic heterocycles. The van der Waals surface area contributed by atoms with Crippen LogP contribution in [0.2, 0.25) is 0 Å². The van der Waals surface area contributed by atoms with E-state index in [-0.39, 0.29) is 0 Å². The van der Waals surface area contributed by atoms with Crippen LogP contribution in [0, 0.1) is 10.5 Å². The fraction of sp³-hybridized carbons (Fsp3) is 0.0714. The summed E-state index contributed by atoms with van der Waals surface area (Å²) in [7, 11) is 0. The van der Waals surface area contributed by atoms with Gasteiger partial charge in [-0.1, -0.05) is 24.3 Å². The number of rotatable bonds is 1. The monoisotopic (exact) mass is 334 g/mol. The molecule has 3 heteroatoms. The molecule has 2 aromatic carbocycles. The molecule has 0 atom stereocenters. The lowest BCUT2D eigenvalue weighted by molar-refractivity contribution is 1.33. The molecule has 0 aliphatic rings. The van der Waals surface area contributed by atoms with E-state index in [2.05, 4.69) is 69.8 Å². The lowest BCUT2D eigenvalue weighted by Crippen LogP contribution is -1.83. The van der Waals surface area contributed by atoms with E-state index in [1.165, 1.54) is 9.13 Å². The Balaban J connectivity index is 2.22. The Bertz CT molecular complexity index is 686. The van der Waals surface area contributed by atoms with Gasteiger partial charge < -0.3 is 4.98 Å². The van der Waals surface area contributed by atoms with Crippen LogP contribution in [-0.2, 0) is 0 Å². The summed E-state index contributed by atoms with van der Waals surface area (Å²) in [5, 5.41) is 0. The molecule has 0 aliphatic carbocycles. The van der Waals surface area contributed by atoms with E-state index < -0.39 is 0 Å². The molecule has 0 aliphatic heterocycles. The Kier molecular flexibility index (Phi) is 2.63. The highest BCUT2D eigenvalue weighted by atomic mass is 127.